The van der Waals surface area contributed by atoms with Crippen molar-refractivity contribution in [2.45, 2.75) is 6.54 Å². The third-order valence-electron chi connectivity index (χ3n) is 3.99. The molecule has 0 spiro atoms. The van der Waals surface area contributed by atoms with Crippen LogP contribution in [0.3, 0.4) is 0 Å². The summed E-state index contributed by atoms with van der Waals surface area (Å²) in [5.41, 5.74) is 0.766. The molecule has 0 unspecified atom stereocenters. The molecule has 0 atom stereocenters. The highest BCUT2D eigenvalue weighted by Gasteiger charge is 2.20. The maximum Gasteiger partial charge on any atom is 0.321 e. The van der Waals surface area contributed by atoms with Crippen LogP contribution < -0.4 is 5.32 Å². The Morgan fingerprint density at radius 3 is 2.52 bits per heavy atom. The number of urea groups is 1. The van der Waals surface area contributed by atoms with E-state index < -0.39 is 0 Å². The molecular weight excluding hydrogens is 314 g/mol. The highest BCUT2D eigenvalue weighted by molar-refractivity contribution is 6.30. The van der Waals surface area contributed by atoms with Crippen molar-refractivity contribution >= 4 is 23.3 Å². The summed E-state index contributed by atoms with van der Waals surface area (Å²) in [7, 11) is 0. The lowest BCUT2D eigenvalue weighted by Crippen LogP contribution is -2.50. The molecule has 0 radical (unpaired) electrons. The van der Waals surface area contributed by atoms with E-state index in [0.29, 0.717) is 5.02 Å². The Morgan fingerprint density at radius 2 is 1.87 bits per heavy atom. The Balaban J connectivity index is 1.42. The molecule has 1 N–H and O–H groups in total. The zero-order valence-electron chi connectivity index (χ0n) is 12.9. The van der Waals surface area contributed by atoms with Gasteiger partial charge in [-0.05, 0) is 24.3 Å². The Labute approximate surface area is 140 Å². The number of nitrogens with zero attached hydrogens (tertiary/aromatic N) is 4. The van der Waals surface area contributed by atoms with E-state index in [-0.39, 0.29) is 6.03 Å². The van der Waals surface area contributed by atoms with Gasteiger partial charge in [-0.15, -0.1) is 0 Å². The van der Waals surface area contributed by atoms with E-state index in [9.17, 15) is 4.79 Å². The summed E-state index contributed by atoms with van der Waals surface area (Å²) in [5, 5.41) is 3.57. The quantitative estimate of drug-likeness (QED) is 0.934. The topological polar surface area (TPSA) is 53.4 Å². The van der Waals surface area contributed by atoms with Gasteiger partial charge in [-0.2, -0.15) is 0 Å². The minimum Gasteiger partial charge on any atom is -0.336 e. The van der Waals surface area contributed by atoms with Gasteiger partial charge < -0.3 is 14.8 Å². The maximum absolute atomic E-state index is 12.3. The number of hydrogen-bond acceptors (Lipinski definition) is 3. The van der Waals surface area contributed by atoms with Crippen molar-refractivity contribution in [2.24, 2.45) is 0 Å². The molecule has 3 rings (SSSR count). The molecule has 0 saturated carbocycles. The average Bonchev–Trinajstić information content (AvgIpc) is 3.09. The molecule has 1 fully saturated rings. The van der Waals surface area contributed by atoms with Crippen molar-refractivity contribution in [2.75, 3.05) is 38.0 Å². The molecule has 1 aromatic heterocycles. The van der Waals surface area contributed by atoms with E-state index in [1.807, 2.05) is 29.6 Å². The summed E-state index contributed by atoms with van der Waals surface area (Å²) in [6.45, 7) is 5.16. The van der Waals surface area contributed by atoms with Crippen molar-refractivity contribution < 1.29 is 4.79 Å². The molecule has 23 heavy (non-hydrogen) atoms. The third-order valence-corrected chi connectivity index (χ3v) is 4.24. The smallest absolute Gasteiger partial charge is 0.321 e. The molecule has 2 heterocycles. The summed E-state index contributed by atoms with van der Waals surface area (Å²) in [6, 6.07) is 7.10. The van der Waals surface area contributed by atoms with E-state index in [1.165, 1.54) is 0 Å². The van der Waals surface area contributed by atoms with E-state index in [1.54, 1.807) is 18.3 Å². The molecule has 1 aliphatic heterocycles. The van der Waals surface area contributed by atoms with Crippen LogP contribution in [0.25, 0.3) is 0 Å². The first-order chi connectivity index (χ1) is 11.2. The Hall–Kier alpha value is -2.05. The maximum atomic E-state index is 12.3. The van der Waals surface area contributed by atoms with Gasteiger partial charge in [0.2, 0.25) is 0 Å². The summed E-state index contributed by atoms with van der Waals surface area (Å²) in [4.78, 5) is 20.5. The monoisotopic (exact) mass is 333 g/mol. The van der Waals surface area contributed by atoms with Crippen LogP contribution in [-0.4, -0.2) is 58.1 Å². The van der Waals surface area contributed by atoms with Crippen molar-refractivity contribution in [3.05, 3.63) is 48.0 Å². The lowest BCUT2D eigenvalue weighted by molar-refractivity contribution is 0.144. The number of benzene rings is 1. The Bertz CT molecular complexity index is 620. The number of amides is 2. The predicted molar refractivity (Wildman–Crippen MR) is 90.7 cm³/mol. The van der Waals surface area contributed by atoms with E-state index in [4.69, 9.17) is 11.6 Å². The average molecular weight is 334 g/mol. The highest BCUT2D eigenvalue weighted by atomic mass is 35.5. The highest BCUT2D eigenvalue weighted by Crippen LogP contribution is 2.14. The first kappa shape index (κ1) is 15.8. The fraction of sp³-hybridized carbons (Fsp3) is 0.375. The van der Waals surface area contributed by atoms with E-state index in [2.05, 4.69) is 19.8 Å². The van der Waals surface area contributed by atoms with Gasteiger partial charge in [0.15, 0.2) is 0 Å². The normalized spacial score (nSPS) is 15.6. The fourth-order valence-corrected chi connectivity index (χ4v) is 2.71. The standard InChI is InChI=1S/C16H20ClN5O/c17-14-1-3-15(4-2-14)19-16(23)22-11-9-20(10-12-22)7-8-21-6-5-18-13-21/h1-6,13H,7-12H2,(H,19,23). The molecule has 1 aliphatic rings. The van der Waals surface area contributed by atoms with Gasteiger partial charge in [-0.1, -0.05) is 11.6 Å². The van der Waals surface area contributed by atoms with Crippen LogP contribution in [-0.2, 0) is 6.54 Å². The molecule has 2 aromatic rings. The van der Waals surface area contributed by atoms with Crippen molar-refractivity contribution in [1.29, 1.82) is 0 Å². The van der Waals surface area contributed by atoms with Crippen LogP contribution in [0.2, 0.25) is 5.02 Å². The van der Waals surface area contributed by atoms with E-state index >= 15 is 0 Å². The second kappa shape index (κ2) is 7.48. The molecule has 6 nitrogen and oxygen atoms in total. The first-order valence-corrected chi connectivity index (χ1v) is 8.08. The van der Waals surface area contributed by atoms with Crippen LogP contribution in [0.5, 0.6) is 0 Å². The molecular formula is C16H20ClN5O. The van der Waals surface area contributed by atoms with Crippen LogP contribution >= 0.6 is 11.6 Å². The minimum absolute atomic E-state index is 0.0541. The number of carbonyl (C=O) groups excluding carboxylic acids is 1. The SMILES string of the molecule is O=C(Nc1ccc(Cl)cc1)N1CCN(CCn2ccnc2)CC1. The van der Waals surface area contributed by atoms with Gasteiger partial charge in [0.1, 0.15) is 0 Å². The van der Waals surface area contributed by atoms with Gasteiger partial charge in [0.25, 0.3) is 0 Å². The van der Waals surface area contributed by atoms with Gasteiger partial charge in [0, 0.05) is 62.4 Å². The van der Waals surface area contributed by atoms with Crippen molar-refractivity contribution in [1.82, 2.24) is 19.4 Å². The number of anilines is 1. The summed E-state index contributed by atoms with van der Waals surface area (Å²) < 4.78 is 2.07. The van der Waals surface area contributed by atoms with E-state index in [0.717, 1.165) is 45.0 Å². The third kappa shape index (κ3) is 4.46. The van der Waals surface area contributed by atoms with Crippen molar-refractivity contribution in [3.8, 4) is 0 Å². The molecule has 2 amide bonds. The van der Waals surface area contributed by atoms with Crippen molar-refractivity contribution in [3.63, 3.8) is 0 Å². The van der Waals surface area contributed by atoms with Gasteiger partial charge in [-0.3, -0.25) is 4.90 Å². The number of halogens is 1. The second-order valence-electron chi connectivity index (χ2n) is 5.57. The summed E-state index contributed by atoms with van der Waals surface area (Å²) in [6.07, 6.45) is 5.59. The number of hydrogen-bond donors (Lipinski definition) is 1. The fourth-order valence-electron chi connectivity index (χ4n) is 2.59. The molecule has 0 bridgehead atoms. The molecule has 0 aliphatic carbocycles. The number of carbonyl (C=O) groups is 1. The Morgan fingerprint density at radius 1 is 1.13 bits per heavy atom. The summed E-state index contributed by atoms with van der Waals surface area (Å²) in [5.74, 6) is 0. The molecule has 122 valence electrons. The number of nitrogens with one attached hydrogen (secondary N) is 1. The number of piperazine rings is 1. The largest absolute Gasteiger partial charge is 0.336 e. The second-order valence-corrected chi connectivity index (χ2v) is 6.00. The van der Waals surface area contributed by atoms with Crippen LogP contribution in [0.4, 0.5) is 10.5 Å². The molecule has 1 aromatic carbocycles. The lowest BCUT2D eigenvalue weighted by atomic mass is 10.3. The Kier molecular flexibility index (Phi) is 5.15. The molecule has 7 heteroatoms. The number of rotatable bonds is 4. The summed E-state index contributed by atoms with van der Waals surface area (Å²) >= 11 is 5.85. The van der Waals surface area contributed by atoms with Crippen LogP contribution in [0.1, 0.15) is 0 Å². The molecule has 1 saturated heterocycles. The van der Waals surface area contributed by atoms with Crippen LogP contribution in [0.15, 0.2) is 43.0 Å². The van der Waals surface area contributed by atoms with Gasteiger partial charge in [-0.25, -0.2) is 9.78 Å². The zero-order valence-corrected chi connectivity index (χ0v) is 13.6. The van der Waals surface area contributed by atoms with Crippen LogP contribution in [0, 0.1) is 0 Å². The lowest BCUT2D eigenvalue weighted by Gasteiger charge is -2.34. The first-order valence-electron chi connectivity index (χ1n) is 7.70. The zero-order chi connectivity index (χ0) is 16.1. The van der Waals surface area contributed by atoms with Gasteiger partial charge in [0.05, 0.1) is 6.33 Å². The predicted octanol–water partition coefficient (Wildman–Crippen LogP) is 2.39. The number of imidazole rings is 1. The number of aromatic nitrogens is 2. The minimum atomic E-state index is -0.0541. The van der Waals surface area contributed by atoms with Gasteiger partial charge >= 0.3 is 6.03 Å².